The third-order valence-electron chi connectivity index (χ3n) is 4.85. The van der Waals surface area contributed by atoms with Crippen LogP contribution in [0.15, 0.2) is 76.4 Å². The Kier molecular flexibility index (Phi) is 5.51. The summed E-state index contributed by atoms with van der Waals surface area (Å²) in [4.78, 5) is 13.1. The van der Waals surface area contributed by atoms with Crippen molar-refractivity contribution in [3.8, 4) is 5.75 Å². The number of hydrogen-bond acceptors (Lipinski definition) is 6. The van der Waals surface area contributed by atoms with Crippen molar-refractivity contribution in [1.29, 1.82) is 0 Å². The molecule has 1 atom stereocenters. The number of rotatable bonds is 6. The summed E-state index contributed by atoms with van der Waals surface area (Å²) < 4.78 is 36.5. The summed E-state index contributed by atoms with van der Waals surface area (Å²) in [6.07, 6.45) is 2.95. The third-order valence-corrected chi connectivity index (χ3v) is 5.45. The Morgan fingerprint density at radius 1 is 1.16 bits per heavy atom. The first-order valence-corrected chi connectivity index (χ1v) is 11.4. The lowest BCUT2D eigenvalue weighted by Crippen LogP contribution is -2.27. The van der Waals surface area contributed by atoms with Crippen molar-refractivity contribution in [3.05, 3.63) is 83.8 Å². The Labute approximate surface area is 180 Å². The van der Waals surface area contributed by atoms with E-state index < -0.39 is 16.1 Å². The number of carbonyl (C=O) groups excluding carboxylic acids is 1. The summed E-state index contributed by atoms with van der Waals surface area (Å²) in [5.74, 6) is 0.451. The molecular weight excluding hydrogens is 418 g/mol. The van der Waals surface area contributed by atoms with Crippen molar-refractivity contribution < 1.29 is 22.4 Å². The Hall–Kier alpha value is -3.59. The molecule has 1 unspecified atom stereocenters. The minimum atomic E-state index is -3.42. The fourth-order valence-electron chi connectivity index (χ4n) is 3.55. The number of anilines is 1. The molecule has 1 amide bonds. The molecule has 1 N–H and O–H groups in total. The van der Waals surface area contributed by atoms with Gasteiger partial charge in [0, 0.05) is 17.7 Å². The zero-order chi connectivity index (χ0) is 22.0. The van der Waals surface area contributed by atoms with Gasteiger partial charge in [0.15, 0.2) is 5.76 Å². The number of para-hydroxylation sites is 1. The summed E-state index contributed by atoms with van der Waals surface area (Å²) in [6, 6.07) is 17.2. The van der Waals surface area contributed by atoms with Crippen LogP contribution >= 0.6 is 0 Å². The van der Waals surface area contributed by atoms with Crippen LogP contribution in [0.1, 0.15) is 34.1 Å². The molecule has 1 aliphatic rings. The lowest BCUT2D eigenvalue weighted by atomic mass is 9.97. The standard InChI is InChI=1S/C22H21N3O5S/c1-29-20-10-4-3-9-17(20)19-14-18(23-25(19)22(26)21-11-6-12-30-21)15-7-5-8-16(13-15)24-31(2,27)28/h3-13,19,24H,14H2,1-2H3. The van der Waals surface area contributed by atoms with Crippen LogP contribution in [0.5, 0.6) is 5.75 Å². The normalized spacial score (nSPS) is 16.1. The van der Waals surface area contributed by atoms with Crippen LogP contribution in [0, 0.1) is 0 Å². The van der Waals surface area contributed by atoms with Crippen molar-refractivity contribution in [3.63, 3.8) is 0 Å². The van der Waals surface area contributed by atoms with Gasteiger partial charge in [-0.05, 0) is 35.9 Å². The topological polar surface area (TPSA) is 101 Å². The maximum atomic E-state index is 13.1. The van der Waals surface area contributed by atoms with Crippen LogP contribution < -0.4 is 9.46 Å². The number of nitrogens with zero attached hydrogens (tertiary/aromatic N) is 2. The first-order valence-electron chi connectivity index (χ1n) is 9.51. The van der Waals surface area contributed by atoms with Crippen LogP contribution in [0.2, 0.25) is 0 Å². The highest BCUT2D eigenvalue weighted by Crippen LogP contribution is 2.38. The van der Waals surface area contributed by atoms with E-state index in [0.29, 0.717) is 29.1 Å². The number of methoxy groups -OCH3 is 1. The van der Waals surface area contributed by atoms with E-state index >= 15 is 0 Å². The molecule has 0 saturated heterocycles. The smallest absolute Gasteiger partial charge is 0.310 e. The summed E-state index contributed by atoms with van der Waals surface area (Å²) in [6.45, 7) is 0. The molecule has 31 heavy (non-hydrogen) atoms. The highest BCUT2D eigenvalue weighted by Gasteiger charge is 2.36. The Bertz CT molecular complexity index is 1240. The molecule has 9 heteroatoms. The molecule has 0 saturated carbocycles. The largest absolute Gasteiger partial charge is 0.496 e. The zero-order valence-electron chi connectivity index (χ0n) is 17.0. The lowest BCUT2D eigenvalue weighted by molar-refractivity contribution is 0.0677. The van der Waals surface area contributed by atoms with Crippen molar-refractivity contribution in [2.24, 2.45) is 5.10 Å². The van der Waals surface area contributed by atoms with Crippen LogP contribution in [0.3, 0.4) is 0 Å². The molecule has 1 aliphatic heterocycles. The Morgan fingerprint density at radius 2 is 1.97 bits per heavy atom. The van der Waals surface area contributed by atoms with Gasteiger partial charge >= 0.3 is 5.91 Å². The van der Waals surface area contributed by atoms with Crippen molar-refractivity contribution in [1.82, 2.24) is 5.01 Å². The number of benzene rings is 2. The quantitative estimate of drug-likeness (QED) is 0.632. The number of ether oxygens (including phenoxy) is 1. The molecule has 3 aromatic rings. The highest BCUT2D eigenvalue weighted by molar-refractivity contribution is 7.92. The van der Waals surface area contributed by atoms with Gasteiger partial charge in [-0.3, -0.25) is 9.52 Å². The van der Waals surface area contributed by atoms with Gasteiger partial charge in [-0.25, -0.2) is 13.4 Å². The average Bonchev–Trinajstić information content (AvgIpc) is 3.42. The number of furan rings is 1. The van der Waals surface area contributed by atoms with Gasteiger partial charge in [0.05, 0.1) is 31.4 Å². The molecule has 4 rings (SSSR count). The summed E-state index contributed by atoms with van der Waals surface area (Å²) >= 11 is 0. The fourth-order valence-corrected chi connectivity index (χ4v) is 4.10. The maximum absolute atomic E-state index is 13.1. The number of sulfonamides is 1. The molecule has 2 aromatic carbocycles. The van der Waals surface area contributed by atoms with Crippen molar-refractivity contribution >= 4 is 27.3 Å². The van der Waals surface area contributed by atoms with Crippen molar-refractivity contribution in [2.45, 2.75) is 12.5 Å². The van der Waals surface area contributed by atoms with Crippen LogP contribution in [-0.2, 0) is 10.0 Å². The predicted molar refractivity (Wildman–Crippen MR) is 117 cm³/mol. The van der Waals surface area contributed by atoms with Gasteiger partial charge in [0.2, 0.25) is 10.0 Å². The van der Waals surface area contributed by atoms with Gasteiger partial charge in [-0.2, -0.15) is 5.10 Å². The van der Waals surface area contributed by atoms with E-state index in [1.165, 1.54) is 11.3 Å². The van der Waals surface area contributed by atoms with E-state index in [1.807, 2.05) is 30.3 Å². The highest BCUT2D eigenvalue weighted by atomic mass is 32.2. The molecule has 2 heterocycles. The molecule has 0 spiro atoms. The number of nitrogens with one attached hydrogen (secondary N) is 1. The lowest BCUT2D eigenvalue weighted by Gasteiger charge is -2.22. The van der Waals surface area contributed by atoms with Crippen molar-refractivity contribution in [2.75, 3.05) is 18.1 Å². The second-order valence-electron chi connectivity index (χ2n) is 7.09. The van der Waals surface area contributed by atoms with Gasteiger partial charge < -0.3 is 9.15 Å². The maximum Gasteiger partial charge on any atom is 0.310 e. The van der Waals surface area contributed by atoms with Crippen LogP contribution in [0.25, 0.3) is 0 Å². The SMILES string of the molecule is COc1ccccc1C1CC(c2cccc(NS(C)(=O)=O)c2)=NN1C(=O)c1ccco1. The summed E-state index contributed by atoms with van der Waals surface area (Å²) in [7, 11) is -1.84. The van der Waals surface area contributed by atoms with Gasteiger partial charge in [0.25, 0.3) is 0 Å². The zero-order valence-corrected chi connectivity index (χ0v) is 17.8. The molecule has 0 fully saturated rings. The van der Waals surface area contributed by atoms with Crippen LogP contribution in [-0.4, -0.2) is 38.4 Å². The Morgan fingerprint density at radius 3 is 2.68 bits per heavy atom. The Balaban J connectivity index is 1.74. The molecule has 1 aromatic heterocycles. The molecule has 0 aliphatic carbocycles. The second kappa shape index (κ2) is 8.27. The predicted octanol–water partition coefficient (Wildman–Crippen LogP) is 3.65. The number of amides is 1. The molecule has 0 radical (unpaired) electrons. The molecular formula is C22H21N3O5S. The molecule has 8 nitrogen and oxygen atoms in total. The molecule has 0 bridgehead atoms. The van der Waals surface area contributed by atoms with E-state index in [9.17, 15) is 13.2 Å². The summed E-state index contributed by atoms with van der Waals surface area (Å²) in [5.41, 5.74) is 2.60. The second-order valence-corrected chi connectivity index (χ2v) is 8.84. The number of hydrogen-bond donors (Lipinski definition) is 1. The van der Waals surface area contributed by atoms with E-state index in [-0.39, 0.29) is 11.7 Å². The summed E-state index contributed by atoms with van der Waals surface area (Å²) in [5, 5.41) is 5.98. The first kappa shape index (κ1) is 20.7. The number of hydrazone groups is 1. The van der Waals surface area contributed by atoms with Gasteiger partial charge in [-0.15, -0.1) is 0 Å². The third kappa shape index (κ3) is 4.46. The molecule has 160 valence electrons. The monoisotopic (exact) mass is 439 g/mol. The minimum absolute atomic E-state index is 0.178. The minimum Gasteiger partial charge on any atom is -0.496 e. The van der Waals surface area contributed by atoms with E-state index in [2.05, 4.69) is 9.82 Å². The van der Waals surface area contributed by atoms with Crippen LogP contribution in [0.4, 0.5) is 5.69 Å². The average molecular weight is 439 g/mol. The van der Waals surface area contributed by atoms with E-state index in [0.717, 1.165) is 11.8 Å². The van der Waals surface area contributed by atoms with Gasteiger partial charge in [-0.1, -0.05) is 30.3 Å². The van der Waals surface area contributed by atoms with E-state index in [1.54, 1.807) is 37.4 Å². The number of carbonyl (C=O) groups is 1. The fraction of sp³-hybridized carbons (Fsp3) is 0.182. The first-order chi connectivity index (χ1) is 14.9. The van der Waals surface area contributed by atoms with Gasteiger partial charge in [0.1, 0.15) is 5.75 Å². The van der Waals surface area contributed by atoms with E-state index in [4.69, 9.17) is 9.15 Å².